The van der Waals surface area contributed by atoms with Crippen molar-refractivity contribution < 1.29 is 9.90 Å². The molecule has 130 valence electrons. The summed E-state index contributed by atoms with van der Waals surface area (Å²) in [7, 11) is 0. The Hall–Kier alpha value is -1.04. The van der Waals surface area contributed by atoms with Crippen LogP contribution >= 0.6 is 0 Å². The van der Waals surface area contributed by atoms with E-state index in [1.165, 1.54) is 38.5 Å². The molecular weight excluding hydrogens is 286 g/mol. The second kappa shape index (κ2) is 8.18. The molecule has 23 heavy (non-hydrogen) atoms. The summed E-state index contributed by atoms with van der Waals surface area (Å²) >= 11 is 0. The highest BCUT2D eigenvalue weighted by Gasteiger charge is 2.42. The quantitative estimate of drug-likeness (QED) is 0.712. The van der Waals surface area contributed by atoms with Gasteiger partial charge in [0.2, 0.25) is 0 Å². The van der Waals surface area contributed by atoms with Gasteiger partial charge in [-0.1, -0.05) is 39.5 Å². The molecule has 0 amide bonds. The van der Waals surface area contributed by atoms with Crippen molar-refractivity contribution in [3.05, 3.63) is 0 Å². The van der Waals surface area contributed by atoms with Gasteiger partial charge in [-0.15, -0.1) is 0 Å². The molecule has 0 radical (unpaired) electrons. The Balaban J connectivity index is 1.85. The fourth-order valence-electron chi connectivity index (χ4n) is 5.16. The Morgan fingerprint density at radius 3 is 2.22 bits per heavy atom. The summed E-state index contributed by atoms with van der Waals surface area (Å²) in [5.74, 6) is 1.77. The fraction of sp³-hybridized carbons (Fsp3) is 0.900. The van der Waals surface area contributed by atoms with Gasteiger partial charge in [-0.2, -0.15) is 5.26 Å². The van der Waals surface area contributed by atoms with E-state index < -0.39 is 11.4 Å². The SMILES string of the molecule is CCCC1CCC([C@H]2CC[C@](C#N)([C@@H](C)CC(=O)O)CC2)CC1. The Bertz CT molecular complexity index is 423. The van der Waals surface area contributed by atoms with Crippen LogP contribution < -0.4 is 0 Å². The average molecular weight is 319 g/mol. The molecule has 0 aromatic rings. The molecule has 0 aromatic carbocycles. The third kappa shape index (κ3) is 4.49. The number of carbonyl (C=O) groups is 1. The molecule has 1 atom stereocenters. The van der Waals surface area contributed by atoms with Crippen LogP contribution in [0.15, 0.2) is 0 Å². The molecule has 0 spiro atoms. The predicted octanol–water partition coefficient (Wildman–Crippen LogP) is 5.40. The van der Waals surface area contributed by atoms with Crippen molar-refractivity contribution in [2.75, 3.05) is 0 Å². The van der Waals surface area contributed by atoms with Crippen LogP contribution in [0.5, 0.6) is 0 Å². The summed E-state index contributed by atoms with van der Waals surface area (Å²) in [6.07, 6.45) is 12.4. The van der Waals surface area contributed by atoms with Crippen LogP contribution in [-0.2, 0) is 4.79 Å². The van der Waals surface area contributed by atoms with Crippen molar-refractivity contribution in [2.24, 2.45) is 29.1 Å². The maximum Gasteiger partial charge on any atom is 0.303 e. The second-order valence-corrected chi connectivity index (χ2v) is 8.17. The lowest BCUT2D eigenvalue weighted by molar-refractivity contribution is -0.139. The first kappa shape index (κ1) is 18.3. The molecule has 1 N–H and O–H groups in total. The van der Waals surface area contributed by atoms with Crippen LogP contribution in [-0.4, -0.2) is 11.1 Å². The zero-order chi connectivity index (χ0) is 16.9. The minimum atomic E-state index is -0.775. The van der Waals surface area contributed by atoms with Crippen LogP contribution in [0, 0.1) is 40.4 Å². The first-order valence-electron chi connectivity index (χ1n) is 9.63. The number of hydrogen-bond acceptors (Lipinski definition) is 2. The van der Waals surface area contributed by atoms with Gasteiger partial charge in [0.25, 0.3) is 0 Å². The summed E-state index contributed by atoms with van der Waals surface area (Å²) in [6.45, 7) is 4.24. The van der Waals surface area contributed by atoms with E-state index in [2.05, 4.69) is 13.0 Å². The van der Waals surface area contributed by atoms with E-state index in [1.807, 2.05) is 6.92 Å². The maximum absolute atomic E-state index is 11.0. The van der Waals surface area contributed by atoms with E-state index in [-0.39, 0.29) is 12.3 Å². The summed E-state index contributed by atoms with van der Waals surface area (Å²) in [5.41, 5.74) is -0.395. The van der Waals surface area contributed by atoms with Gasteiger partial charge in [0.1, 0.15) is 0 Å². The van der Waals surface area contributed by atoms with E-state index in [9.17, 15) is 10.1 Å². The normalized spacial score (nSPS) is 36.1. The lowest BCUT2D eigenvalue weighted by Crippen LogP contribution is -2.36. The molecule has 2 saturated carbocycles. The zero-order valence-electron chi connectivity index (χ0n) is 14.9. The summed E-state index contributed by atoms with van der Waals surface area (Å²) in [6, 6.07) is 2.51. The number of carboxylic acids is 1. The molecular formula is C20H33NO2. The first-order valence-corrected chi connectivity index (χ1v) is 9.63. The third-order valence-corrected chi connectivity index (χ3v) is 6.82. The highest BCUT2D eigenvalue weighted by Crippen LogP contribution is 2.49. The van der Waals surface area contributed by atoms with Crippen molar-refractivity contribution in [1.82, 2.24) is 0 Å². The molecule has 0 bridgehead atoms. The lowest BCUT2D eigenvalue weighted by Gasteiger charge is -2.42. The number of aliphatic carboxylic acids is 1. The topological polar surface area (TPSA) is 61.1 Å². The smallest absolute Gasteiger partial charge is 0.303 e. The Labute approximate surface area is 141 Å². The van der Waals surface area contributed by atoms with Crippen LogP contribution in [0.25, 0.3) is 0 Å². The first-order chi connectivity index (χ1) is 11.0. The standard InChI is InChI=1S/C20H33NO2/c1-3-4-16-5-7-17(8-6-16)18-9-11-20(14-21,12-10-18)15(2)13-19(22)23/h15-18H,3-13H2,1-2H3,(H,22,23)/t15-,16?,17?,18-,20-/m0/s1. The molecule has 0 aliphatic heterocycles. The minimum Gasteiger partial charge on any atom is -0.481 e. The predicted molar refractivity (Wildman–Crippen MR) is 91.8 cm³/mol. The summed E-state index contributed by atoms with van der Waals surface area (Å²) in [5, 5.41) is 18.7. The van der Waals surface area contributed by atoms with Gasteiger partial charge in [-0.05, 0) is 62.2 Å². The maximum atomic E-state index is 11.0. The zero-order valence-corrected chi connectivity index (χ0v) is 14.9. The number of carboxylic acid groups (broad SMARTS) is 1. The minimum absolute atomic E-state index is 0.0359. The Morgan fingerprint density at radius 2 is 1.74 bits per heavy atom. The molecule has 0 aromatic heterocycles. The third-order valence-electron chi connectivity index (χ3n) is 6.82. The van der Waals surface area contributed by atoms with Gasteiger partial charge < -0.3 is 5.11 Å². The van der Waals surface area contributed by atoms with Gasteiger partial charge in [0.15, 0.2) is 0 Å². The van der Waals surface area contributed by atoms with Crippen molar-refractivity contribution >= 4 is 5.97 Å². The molecule has 2 rings (SSSR count). The number of rotatable bonds is 6. The lowest BCUT2D eigenvalue weighted by atomic mass is 9.60. The molecule has 2 aliphatic carbocycles. The number of nitrogens with zero attached hydrogens (tertiary/aromatic N) is 1. The molecule has 3 heteroatoms. The van der Waals surface area contributed by atoms with Gasteiger partial charge in [0, 0.05) is 6.42 Å². The average Bonchev–Trinajstić information content (AvgIpc) is 2.55. The molecule has 3 nitrogen and oxygen atoms in total. The van der Waals surface area contributed by atoms with Crippen molar-refractivity contribution in [2.45, 2.75) is 84.5 Å². The summed E-state index contributed by atoms with van der Waals surface area (Å²) in [4.78, 5) is 11.0. The molecule has 0 heterocycles. The van der Waals surface area contributed by atoms with E-state index in [4.69, 9.17) is 5.11 Å². The molecule has 0 saturated heterocycles. The van der Waals surface area contributed by atoms with Crippen LogP contribution in [0.2, 0.25) is 0 Å². The second-order valence-electron chi connectivity index (χ2n) is 8.17. The monoisotopic (exact) mass is 319 g/mol. The van der Waals surface area contributed by atoms with Gasteiger partial charge in [-0.3, -0.25) is 4.79 Å². The van der Waals surface area contributed by atoms with Crippen LogP contribution in [0.4, 0.5) is 0 Å². The fourth-order valence-corrected chi connectivity index (χ4v) is 5.16. The Kier molecular flexibility index (Phi) is 6.50. The van der Waals surface area contributed by atoms with E-state index in [1.54, 1.807) is 0 Å². The van der Waals surface area contributed by atoms with Crippen molar-refractivity contribution in [1.29, 1.82) is 5.26 Å². The molecule has 2 fully saturated rings. The molecule has 0 unspecified atom stereocenters. The van der Waals surface area contributed by atoms with Gasteiger partial charge in [0.05, 0.1) is 11.5 Å². The van der Waals surface area contributed by atoms with Crippen LogP contribution in [0.1, 0.15) is 84.5 Å². The Morgan fingerprint density at radius 1 is 1.17 bits per heavy atom. The van der Waals surface area contributed by atoms with Gasteiger partial charge >= 0.3 is 5.97 Å². The van der Waals surface area contributed by atoms with Gasteiger partial charge in [-0.25, -0.2) is 0 Å². The number of hydrogen-bond donors (Lipinski definition) is 1. The van der Waals surface area contributed by atoms with Crippen LogP contribution in [0.3, 0.4) is 0 Å². The van der Waals surface area contributed by atoms with Crippen molar-refractivity contribution in [3.63, 3.8) is 0 Å². The van der Waals surface area contributed by atoms with E-state index >= 15 is 0 Å². The summed E-state index contributed by atoms with van der Waals surface area (Å²) < 4.78 is 0. The molecule has 2 aliphatic rings. The van der Waals surface area contributed by atoms with E-state index in [0.29, 0.717) is 0 Å². The highest BCUT2D eigenvalue weighted by molar-refractivity contribution is 5.67. The van der Waals surface area contributed by atoms with E-state index in [0.717, 1.165) is 43.4 Å². The number of nitriles is 1. The largest absolute Gasteiger partial charge is 0.481 e. The van der Waals surface area contributed by atoms with Crippen molar-refractivity contribution in [3.8, 4) is 6.07 Å². The highest BCUT2D eigenvalue weighted by atomic mass is 16.4.